The third-order valence-electron chi connectivity index (χ3n) is 3.08. The molecule has 0 aromatic carbocycles. The highest BCUT2D eigenvalue weighted by molar-refractivity contribution is 5.83. The summed E-state index contributed by atoms with van der Waals surface area (Å²) in [5.41, 5.74) is 0. The number of carbonyl (C=O) groups is 1. The monoisotopic (exact) mass is 268 g/mol. The standard InChI is InChI=1S/C16H28O3/c1-2-3-4-5-6-7-8-9-10-11-12-13-14-15(17)16(18)19/h12-14,17H,2-11H2,1H3,(H,18,19)/b13-12+,15-14-. The molecule has 0 saturated carbocycles. The first kappa shape index (κ1) is 17.8. The molecule has 19 heavy (non-hydrogen) atoms. The number of hydrogen-bond acceptors (Lipinski definition) is 2. The molecule has 0 atom stereocenters. The molecule has 0 aromatic heterocycles. The van der Waals surface area contributed by atoms with Crippen LogP contribution in [0.2, 0.25) is 0 Å². The summed E-state index contributed by atoms with van der Waals surface area (Å²) in [4.78, 5) is 10.3. The highest BCUT2D eigenvalue weighted by atomic mass is 16.4. The maximum Gasteiger partial charge on any atom is 0.370 e. The van der Waals surface area contributed by atoms with E-state index in [0.717, 1.165) is 12.8 Å². The highest BCUT2D eigenvalue weighted by Crippen LogP contribution is 2.10. The van der Waals surface area contributed by atoms with E-state index in [1.807, 2.05) is 6.08 Å². The van der Waals surface area contributed by atoms with Crippen molar-refractivity contribution in [2.75, 3.05) is 0 Å². The third-order valence-corrected chi connectivity index (χ3v) is 3.08. The first-order valence-electron chi connectivity index (χ1n) is 7.47. The average Bonchev–Trinajstić information content (AvgIpc) is 2.39. The minimum Gasteiger partial charge on any atom is -0.502 e. The summed E-state index contributed by atoms with van der Waals surface area (Å²) in [6.07, 6.45) is 17.4. The first-order chi connectivity index (χ1) is 9.18. The van der Waals surface area contributed by atoms with Crippen molar-refractivity contribution in [3.8, 4) is 0 Å². The van der Waals surface area contributed by atoms with Gasteiger partial charge in [0.15, 0.2) is 0 Å². The molecule has 0 aliphatic heterocycles. The molecule has 0 spiro atoms. The van der Waals surface area contributed by atoms with Crippen LogP contribution < -0.4 is 0 Å². The normalized spacial score (nSPS) is 12.2. The predicted octanol–water partition coefficient (Wildman–Crippen LogP) is 4.99. The summed E-state index contributed by atoms with van der Waals surface area (Å²) in [6, 6.07) is 0. The quantitative estimate of drug-likeness (QED) is 0.227. The number of aliphatic hydroxyl groups is 1. The molecule has 0 saturated heterocycles. The van der Waals surface area contributed by atoms with Gasteiger partial charge in [-0.05, 0) is 18.9 Å². The maximum absolute atomic E-state index is 10.3. The van der Waals surface area contributed by atoms with Gasteiger partial charge in [-0.1, -0.05) is 70.4 Å². The van der Waals surface area contributed by atoms with Crippen LogP contribution in [0.15, 0.2) is 24.0 Å². The van der Waals surface area contributed by atoms with E-state index >= 15 is 0 Å². The number of carboxylic acid groups (broad SMARTS) is 1. The van der Waals surface area contributed by atoms with Gasteiger partial charge in [-0.3, -0.25) is 0 Å². The smallest absolute Gasteiger partial charge is 0.370 e. The van der Waals surface area contributed by atoms with Crippen LogP contribution in [0.3, 0.4) is 0 Å². The molecule has 3 nitrogen and oxygen atoms in total. The predicted molar refractivity (Wildman–Crippen MR) is 79.3 cm³/mol. The molecule has 0 radical (unpaired) electrons. The molecule has 3 heteroatoms. The molecular weight excluding hydrogens is 240 g/mol. The number of rotatable bonds is 12. The van der Waals surface area contributed by atoms with Gasteiger partial charge >= 0.3 is 5.97 Å². The van der Waals surface area contributed by atoms with Gasteiger partial charge < -0.3 is 10.2 Å². The molecular formula is C16H28O3. The second kappa shape index (κ2) is 13.2. The number of unbranched alkanes of at least 4 members (excludes halogenated alkanes) is 9. The number of aliphatic hydroxyl groups excluding tert-OH is 1. The van der Waals surface area contributed by atoms with E-state index in [1.165, 1.54) is 57.4 Å². The van der Waals surface area contributed by atoms with Crippen molar-refractivity contribution in [1.29, 1.82) is 0 Å². The minimum atomic E-state index is -1.28. The Bertz CT molecular complexity index is 280. The number of hydrogen-bond donors (Lipinski definition) is 2. The van der Waals surface area contributed by atoms with Crippen LogP contribution in [0.5, 0.6) is 0 Å². The van der Waals surface area contributed by atoms with Crippen molar-refractivity contribution >= 4 is 5.97 Å². The van der Waals surface area contributed by atoms with Crippen molar-refractivity contribution in [1.82, 2.24) is 0 Å². The summed E-state index contributed by atoms with van der Waals surface area (Å²) >= 11 is 0. The molecule has 0 amide bonds. The Morgan fingerprint density at radius 2 is 1.42 bits per heavy atom. The van der Waals surface area contributed by atoms with Crippen LogP contribution in [-0.4, -0.2) is 16.2 Å². The van der Waals surface area contributed by atoms with E-state index in [-0.39, 0.29) is 0 Å². The zero-order chi connectivity index (χ0) is 14.3. The van der Waals surface area contributed by atoms with Crippen LogP contribution in [-0.2, 0) is 4.79 Å². The Labute approximate surface area is 117 Å². The molecule has 0 unspecified atom stereocenters. The average molecular weight is 268 g/mol. The maximum atomic E-state index is 10.3. The van der Waals surface area contributed by atoms with Crippen molar-refractivity contribution < 1.29 is 15.0 Å². The summed E-state index contributed by atoms with van der Waals surface area (Å²) in [6.45, 7) is 2.24. The summed E-state index contributed by atoms with van der Waals surface area (Å²) in [7, 11) is 0. The fourth-order valence-corrected chi connectivity index (χ4v) is 1.90. The van der Waals surface area contributed by atoms with Gasteiger partial charge in [0.1, 0.15) is 0 Å². The molecule has 0 aliphatic carbocycles. The number of carboxylic acids is 1. The second-order valence-corrected chi connectivity index (χ2v) is 4.90. The topological polar surface area (TPSA) is 57.5 Å². The minimum absolute atomic E-state index is 0.608. The first-order valence-corrected chi connectivity index (χ1v) is 7.47. The van der Waals surface area contributed by atoms with Crippen molar-refractivity contribution in [2.24, 2.45) is 0 Å². The van der Waals surface area contributed by atoms with Gasteiger partial charge in [-0.2, -0.15) is 0 Å². The Morgan fingerprint density at radius 1 is 0.895 bits per heavy atom. The van der Waals surface area contributed by atoms with Crippen molar-refractivity contribution in [3.05, 3.63) is 24.0 Å². The lowest BCUT2D eigenvalue weighted by Crippen LogP contribution is -1.97. The summed E-state index contributed by atoms with van der Waals surface area (Å²) in [5.74, 6) is -1.89. The fourth-order valence-electron chi connectivity index (χ4n) is 1.90. The Morgan fingerprint density at radius 3 is 1.95 bits per heavy atom. The summed E-state index contributed by atoms with van der Waals surface area (Å²) < 4.78 is 0. The van der Waals surface area contributed by atoms with Crippen LogP contribution in [0.1, 0.15) is 71.1 Å². The Hall–Kier alpha value is -1.25. The zero-order valence-electron chi connectivity index (χ0n) is 12.1. The van der Waals surface area contributed by atoms with Crippen molar-refractivity contribution in [2.45, 2.75) is 71.1 Å². The molecule has 0 fully saturated rings. The van der Waals surface area contributed by atoms with Gasteiger partial charge in [-0.15, -0.1) is 0 Å². The van der Waals surface area contributed by atoms with Crippen LogP contribution in [0.4, 0.5) is 0 Å². The number of allylic oxidation sites excluding steroid dienone is 3. The molecule has 0 aromatic rings. The molecule has 0 rings (SSSR count). The van der Waals surface area contributed by atoms with Gasteiger partial charge in [0.05, 0.1) is 0 Å². The van der Waals surface area contributed by atoms with E-state index in [0.29, 0.717) is 0 Å². The molecule has 2 N–H and O–H groups in total. The van der Waals surface area contributed by atoms with Gasteiger partial charge in [0.2, 0.25) is 5.76 Å². The lowest BCUT2D eigenvalue weighted by molar-refractivity contribution is -0.135. The Kier molecular flexibility index (Phi) is 12.3. The van der Waals surface area contributed by atoms with E-state index in [2.05, 4.69) is 6.92 Å². The summed E-state index contributed by atoms with van der Waals surface area (Å²) in [5, 5.41) is 17.3. The van der Waals surface area contributed by atoms with Crippen LogP contribution in [0.25, 0.3) is 0 Å². The Balaban J connectivity index is 3.29. The van der Waals surface area contributed by atoms with E-state index in [9.17, 15) is 4.79 Å². The lowest BCUT2D eigenvalue weighted by Gasteiger charge is -2.00. The number of aliphatic carboxylic acids is 1. The molecule has 0 heterocycles. The van der Waals surface area contributed by atoms with Gasteiger partial charge in [0, 0.05) is 0 Å². The molecule has 0 aliphatic rings. The zero-order valence-corrected chi connectivity index (χ0v) is 12.1. The van der Waals surface area contributed by atoms with E-state index in [4.69, 9.17) is 10.2 Å². The second-order valence-electron chi connectivity index (χ2n) is 4.90. The largest absolute Gasteiger partial charge is 0.502 e. The van der Waals surface area contributed by atoms with Crippen LogP contribution >= 0.6 is 0 Å². The van der Waals surface area contributed by atoms with E-state index in [1.54, 1.807) is 6.08 Å². The lowest BCUT2D eigenvalue weighted by atomic mass is 10.1. The van der Waals surface area contributed by atoms with Gasteiger partial charge in [-0.25, -0.2) is 4.79 Å². The van der Waals surface area contributed by atoms with Crippen molar-refractivity contribution in [3.63, 3.8) is 0 Å². The van der Waals surface area contributed by atoms with Crippen LogP contribution in [0, 0.1) is 0 Å². The fraction of sp³-hybridized carbons (Fsp3) is 0.688. The van der Waals surface area contributed by atoms with E-state index < -0.39 is 11.7 Å². The molecule has 0 bridgehead atoms. The highest BCUT2D eigenvalue weighted by Gasteiger charge is 1.99. The third kappa shape index (κ3) is 13.0. The molecule has 110 valence electrons. The van der Waals surface area contributed by atoms with Gasteiger partial charge in [0.25, 0.3) is 0 Å². The SMILES string of the molecule is CCCCCCCCCCC/C=C/C=C(\O)C(=O)O.